The minimum Gasteiger partial charge on any atom is -0.379 e. The molecule has 1 aromatic heterocycles. The lowest BCUT2D eigenvalue weighted by molar-refractivity contribution is 0.0341. The lowest BCUT2D eigenvalue weighted by Gasteiger charge is -2.26. The van der Waals surface area contributed by atoms with Crippen molar-refractivity contribution in [1.29, 1.82) is 0 Å². The monoisotopic (exact) mass is 428 g/mol. The highest BCUT2D eigenvalue weighted by molar-refractivity contribution is 5.85. The van der Waals surface area contributed by atoms with Gasteiger partial charge < -0.3 is 9.30 Å². The molecule has 3 nitrogen and oxygen atoms in total. The van der Waals surface area contributed by atoms with Gasteiger partial charge in [0.15, 0.2) is 0 Å². The molecule has 0 radical (unpaired) electrons. The first-order valence-corrected chi connectivity index (χ1v) is 10.4. The Kier molecular flexibility index (Phi) is 7.35. The molecule has 4 rings (SSSR count). The maximum atomic E-state index is 13.5. The van der Waals surface area contributed by atoms with Crippen LogP contribution in [0.1, 0.15) is 36.6 Å². The summed E-state index contributed by atoms with van der Waals surface area (Å²) in [6.45, 7) is 11.0. The van der Waals surface area contributed by atoms with Gasteiger partial charge in [-0.3, -0.25) is 4.90 Å². The van der Waals surface area contributed by atoms with Crippen LogP contribution in [0.3, 0.4) is 0 Å². The molecule has 0 atom stereocenters. The van der Waals surface area contributed by atoms with Gasteiger partial charge in [0, 0.05) is 31.0 Å². The fourth-order valence-corrected chi connectivity index (χ4v) is 3.99. The first-order chi connectivity index (χ1) is 14.0. The normalized spacial score (nSPS) is 14.7. The molecule has 5 heteroatoms. The van der Waals surface area contributed by atoms with Gasteiger partial charge in [-0.2, -0.15) is 0 Å². The Bertz CT molecular complexity index is 958. The molecule has 0 bridgehead atoms. The Balaban J connectivity index is 0.00000256. The molecule has 2 heterocycles. The predicted octanol–water partition coefficient (Wildman–Crippen LogP) is 5.97. The third kappa shape index (κ3) is 4.77. The maximum Gasteiger partial charge on any atom is 0.123 e. The standard InChI is InChI=1S/C25H29FN2O.ClH/c1-18(2)20-4-6-21(7-5-20)25-16-22(17-27-12-14-29-15-13-27)19(3)28(25)24-10-8-23(26)9-11-24;/h4-11,16,18H,12-15,17H2,1-3H3;1H. The van der Waals surface area contributed by atoms with Crippen molar-refractivity contribution in [1.82, 2.24) is 9.47 Å². The topological polar surface area (TPSA) is 17.4 Å². The number of hydrogen-bond acceptors (Lipinski definition) is 2. The van der Waals surface area contributed by atoms with Gasteiger partial charge in [-0.1, -0.05) is 38.1 Å². The van der Waals surface area contributed by atoms with E-state index < -0.39 is 0 Å². The molecule has 0 aliphatic carbocycles. The summed E-state index contributed by atoms with van der Waals surface area (Å²) in [7, 11) is 0. The van der Waals surface area contributed by atoms with Crippen LogP contribution in [-0.2, 0) is 11.3 Å². The first-order valence-electron chi connectivity index (χ1n) is 10.4. The van der Waals surface area contributed by atoms with Crippen LogP contribution < -0.4 is 0 Å². The molecule has 0 amide bonds. The van der Waals surface area contributed by atoms with E-state index in [4.69, 9.17) is 4.74 Å². The van der Waals surface area contributed by atoms with E-state index in [0.717, 1.165) is 44.2 Å². The lowest BCUT2D eigenvalue weighted by Crippen LogP contribution is -2.35. The van der Waals surface area contributed by atoms with Gasteiger partial charge in [-0.15, -0.1) is 12.4 Å². The molecule has 0 spiro atoms. The summed E-state index contributed by atoms with van der Waals surface area (Å²) in [6, 6.07) is 17.9. The Morgan fingerprint density at radius 3 is 2.20 bits per heavy atom. The second-order valence-electron chi connectivity index (χ2n) is 8.12. The van der Waals surface area contributed by atoms with Gasteiger partial charge in [0.2, 0.25) is 0 Å². The first kappa shape index (κ1) is 22.5. The highest BCUT2D eigenvalue weighted by atomic mass is 35.5. The number of halogens is 2. The number of hydrogen-bond donors (Lipinski definition) is 0. The van der Waals surface area contributed by atoms with Crippen LogP contribution in [0.2, 0.25) is 0 Å². The van der Waals surface area contributed by atoms with E-state index >= 15 is 0 Å². The van der Waals surface area contributed by atoms with Crippen molar-refractivity contribution < 1.29 is 9.13 Å². The smallest absolute Gasteiger partial charge is 0.123 e. The average molecular weight is 429 g/mol. The molecule has 1 aliphatic rings. The molecule has 1 saturated heterocycles. The summed E-state index contributed by atoms with van der Waals surface area (Å²) in [4.78, 5) is 2.44. The van der Waals surface area contributed by atoms with E-state index in [1.807, 2.05) is 12.1 Å². The number of rotatable bonds is 5. The largest absolute Gasteiger partial charge is 0.379 e. The van der Waals surface area contributed by atoms with Gasteiger partial charge in [-0.25, -0.2) is 4.39 Å². The lowest BCUT2D eigenvalue weighted by atomic mass is 10.0. The number of morpholine rings is 1. The van der Waals surface area contributed by atoms with E-state index in [-0.39, 0.29) is 18.2 Å². The molecule has 3 aromatic rings. The summed E-state index contributed by atoms with van der Waals surface area (Å²) < 4.78 is 21.3. The fourth-order valence-electron chi connectivity index (χ4n) is 3.99. The van der Waals surface area contributed by atoms with Gasteiger partial charge >= 0.3 is 0 Å². The van der Waals surface area contributed by atoms with Crippen LogP contribution in [0, 0.1) is 12.7 Å². The van der Waals surface area contributed by atoms with Crippen molar-refractivity contribution in [2.45, 2.75) is 33.2 Å². The summed E-state index contributed by atoms with van der Waals surface area (Å²) >= 11 is 0. The van der Waals surface area contributed by atoms with E-state index in [1.54, 1.807) is 0 Å². The van der Waals surface area contributed by atoms with E-state index in [0.29, 0.717) is 5.92 Å². The van der Waals surface area contributed by atoms with Crippen molar-refractivity contribution in [3.8, 4) is 16.9 Å². The molecule has 0 unspecified atom stereocenters. The van der Waals surface area contributed by atoms with Crippen LogP contribution in [0.25, 0.3) is 16.9 Å². The Hall–Kier alpha value is -2.14. The Labute approximate surface area is 184 Å². The average Bonchev–Trinajstić information content (AvgIpc) is 3.05. The van der Waals surface area contributed by atoms with Crippen LogP contribution >= 0.6 is 12.4 Å². The molecule has 0 saturated carbocycles. The third-order valence-corrected chi connectivity index (χ3v) is 5.81. The molecule has 0 N–H and O–H groups in total. The fraction of sp³-hybridized carbons (Fsp3) is 0.360. The second kappa shape index (κ2) is 9.78. The molecule has 30 heavy (non-hydrogen) atoms. The van der Waals surface area contributed by atoms with E-state index in [9.17, 15) is 4.39 Å². The third-order valence-electron chi connectivity index (χ3n) is 5.81. The summed E-state index contributed by atoms with van der Waals surface area (Å²) in [6.07, 6.45) is 0. The maximum absolute atomic E-state index is 13.5. The zero-order chi connectivity index (χ0) is 20.4. The van der Waals surface area contributed by atoms with E-state index in [2.05, 4.69) is 60.6 Å². The van der Waals surface area contributed by atoms with E-state index in [1.165, 1.54) is 34.5 Å². The van der Waals surface area contributed by atoms with Crippen molar-refractivity contribution in [2.75, 3.05) is 26.3 Å². The minimum absolute atomic E-state index is 0. The SMILES string of the molecule is Cc1c(CN2CCOCC2)cc(-c2ccc(C(C)C)cc2)n1-c1ccc(F)cc1.Cl. The highest BCUT2D eigenvalue weighted by Crippen LogP contribution is 2.31. The molecule has 2 aromatic carbocycles. The van der Waals surface area contributed by atoms with Crippen molar-refractivity contribution in [3.63, 3.8) is 0 Å². The molecular weight excluding hydrogens is 399 g/mol. The van der Waals surface area contributed by atoms with Gasteiger partial charge in [-0.05, 0) is 59.9 Å². The van der Waals surface area contributed by atoms with Gasteiger partial charge in [0.1, 0.15) is 5.82 Å². The predicted molar refractivity (Wildman–Crippen MR) is 123 cm³/mol. The van der Waals surface area contributed by atoms with Gasteiger partial charge in [0.25, 0.3) is 0 Å². The van der Waals surface area contributed by atoms with Crippen LogP contribution in [0.15, 0.2) is 54.6 Å². The van der Waals surface area contributed by atoms with Crippen LogP contribution in [0.5, 0.6) is 0 Å². The zero-order valence-electron chi connectivity index (χ0n) is 17.9. The summed E-state index contributed by atoms with van der Waals surface area (Å²) in [5.74, 6) is 0.293. The molecular formula is C25H30ClFN2O. The number of aromatic nitrogens is 1. The molecule has 1 fully saturated rings. The van der Waals surface area contributed by atoms with Crippen LogP contribution in [-0.4, -0.2) is 35.8 Å². The summed E-state index contributed by atoms with van der Waals surface area (Å²) in [5.41, 5.74) is 7.15. The van der Waals surface area contributed by atoms with Gasteiger partial charge in [0.05, 0.1) is 18.9 Å². The van der Waals surface area contributed by atoms with Crippen molar-refractivity contribution in [2.24, 2.45) is 0 Å². The molecule has 160 valence electrons. The van der Waals surface area contributed by atoms with Crippen LogP contribution in [0.4, 0.5) is 4.39 Å². The molecule has 1 aliphatic heterocycles. The highest BCUT2D eigenvalue weighted by Gasteiger charge is 2.18. The Morgan fingerprint density at radius 2 is 1.60 bits per heavy atom. The second-order valence-corrected chi connectivity index (χ2v) is 8.12. The minimum atomic E-state index is -0.213. The van der Waals surface area contributed by atoms with Crippen molar-refractivity contribution in [3.05, 3.63) is 77.2 Å². The zero-order valence-corrected chi connectivity index (χ0v) is 18.7. The number of nitrogens with zero attached hydrogens (tertiary/aromatic N) is 2. The quantitative estimate of drug-likeness (QED) is 0.498. The van der Waals surface area contributed by atoms with Crippen molar-refractivity contribution >= 4 is 12.4 Å². The Morgan fingerprint density at radius 1 is 0.967 bits per heavy atom. The summed E-state index contributed by atoms with van der Waals surface area (Å²) in [5, 5.41) is 0. The number of benzene rings is 2. The number of ether oxygens (including phenoxy) is 1.